The highest BCUT2D eigenvalue weighted by atomic mass is 16.2. The predicted molar refractivity (Wildman–Crippen MR) is 103 cm³/mol. The molecule has 1 aromatic carbocycles. The highest BCUT2D eigenvalue weighted by molar-refractivity contribution is 5.96. The van der Waals surface area contributed by atoms with E-state index in [0.717, 1.165) is 24.2 Å². The number of carbonyl (C=O) groups is 2. The molecule has 142 valence electrons. The fourth-order valence-electron chi connectivity index (χ4n) is 4.08. The molecule has 7 nitrogen and oxygen atoms in total. The molecule has 0 atom stereocenters. The largest absolute Gasteiger partial charge is 0.376 e. The van der Waals surface area contributed by atoms with Gasteiger partial charge in [0.1, 0.15) is 0 Å². The normalized spacial score (nSPS) is 18.1. The minimum absolute atomic E-state index is 0.0576. The molecule has 0 saturated carbocycles. The predicted octanol–water partition coefficient (Wildman–Crippen LogP) is 2.11. The van der Waals surface area contributed by atoms with E-state index in [1.807, 2.05) is 44.8 Å². The van der Waals surface area contributed by atoms with Crippen LogP contribution in [-0.4, -0.2) is 51.4 Å². The van der Waals surface area contributed by atoms with Crippen molar-refractivity contribution >= 4 is 23.2 Å². The number of imidazole rings is 1. The van der Waals surface area contributed by atoms with Crippen LogP contribution < -0.4 is 10.2 Å². The minimum Gasteiger partial charge on any atom is -0.376 e. The summed E-state index contributed by atoms with van der Waals surface area (Å²) in [6, 6.07) is 7.94. The molecule has 2 aliphatic rings. The molecule has 0 radical (unpaired) electrons. The van der Waals surface area contributed by atoms with E-state index in [1.54, 1.807) is 19.4 Å². The average Bonchev–Trinajstić information content (AvgIpc) is 3.19. The molecule has 2 aromatic rings. The maximum absolute atomic E-state index is 12.5. The van der Waals surface area contributed by atoms with E-state index in [4.69, 9.17) is 0 Å². The van der Waals surface area contributed by atoms with Gasteiger partial charge in [-0.25, -0.2) is 4.98 Å². The number of rotatable bonds is 3. The second kappa shape index (κ2) is 7.06. The second-order valence-electron chi connectivity index (χ2n) is 7.46. The number of fused-ring (bicyclic) bond motifs is 1. The molecule has 1 aromatic heterocycles. The Kier molecular flexibility index (Phi) is 4.59. The summed E-state index contributed by atoms with van der Waals surface area (Å²) in [6.45, 7) is 4.35. The van der Waals surface area contributed by atoms with Crippen LogP contribution in [0.5, 0.6) is 0 Å². The lowest BCUT2D eigenvalue weighted by molar-refractivity contribution is -0.133. The summed E-state index contributed by atoms with van der Waals surface area (Å²) in [5.74, 6) is 0.236. The number of benzene rings is 1. The van der Waals surface area contributed by atoms with Gasteiger partial charge in [-0.15, -0.1) is 0 Å². The highest BCUT2D eigenvalue weighted by Gasteiger charge is 2.41. The molecule has 7 heteroatoms. The molecule has 1 N–H and O–H groups in total. The van der Waals surface area contributed by atoms with Gasteiger partial charge in [-0.05, 0) is 25.0 Å². The van der Waals surface area contributed by atoms with E-state index in [1.165, 1.54) is 0 Å². The molecule has 0 aliphatic carbocycles. The van der Waals surface area contributed by atoms with Crippen LogP contribution in [0.3, 0.4) is 0 Å². The third-order valence-electron chi connectivity index (χ3n) is 5.65. The van der Waals surface area contributed by atoms with Gasteiger partial charge in [0.2, 0.25) is 11.8 Å². The molecule has 2 amide bonds. The number of hydrogen-bond donors (Lipinski definition) is 1. The Balaban J connectivity index is 1.41. The maximum atomic E-state index is 12.5. The molecule has 0 bridgehead atoms. The van der Waals surface area contributed by atoms with Crippen LogP contribution in [0.2, 0.25) is 0 Å². The van der Waals surface area contributed by atoms with Gasteiger partial charge in [0.05, 0.1) is 23.2 Å². The zero-order valence-electron chi connectivity index (χ0n) is 15.6. The van der Waals surface area contributed by atoms with Crippen molar-refractivity contribution in [3.05, 3.63) is 43.0 Å². The van der Waals surface area contributed by atoms with Crippen molar-refractivity contribution in [3.8, 4) is 0 Å². The van der Waals surface area contributed by atoms with E-state index in [2.05, 4.69) is 10.3 Å². The molecule has 0 unspecified atom stereocenters. The SMILES string of the molecule is CC(=O)N1CC2(CCN(C(=O)CCn3ccnc3)CC2)Nc2ccccc21. The third kappa shape index (κ3) is 3.54. The van der Waals surface area contributed by atoms with Gasteiger partial charge in [0.25, 0.3) is 0 Å². The first-order valence-electron chi connectivity index (χ1n) is 9.45. The number of carbonyl (C=O) groups excluding carboxylic acids is 2. The van der Waals surface area contributed by atoms with Crippen molar-refractivity contribution in [3.63, 3.8) is 0 Å². The van der Waals surface area contributed by atoms with Gasteiger partial charge in [0, 0.05) is 51.9 Å². The number of hydrogen-bond acceptors (Lipinski definition) is 4. The molecule has 2 aliphatic heterocycles. The Morgan fingerprint density at radius 2 is 2.00 bits per heavy atom. The molecule has 1 spiro atoms. The van der Waals surface area contributed by atoms with Crippen LogP contribution in [0.15, 0.2) is 43.0 Å². The quantitative estimate of drug-likeness (QED) is 0.902. The van der Waals surface area contributed by atoms with E-state index in [0.29, 0.717) is 32.6 Å². The molecule has 4 rings (SSSR count). The number of aryl methyl sites for hydroxylation is 1. The summed E-state index contributed by atoms with van der Waals surface area (Å²) in [5, 5.41) is 3.67. The number of piperidine rings is 1. The van der Waals surface area contributed by atoms with Gasteiger partial charge in [-0.2, -0.15) is 0 Å². The Morgan fingerprint density at radius 1 is 1.22 bits per heavy atom. The smallest absolute Gasteiger partial charge is 0.224 e. The molecule has 1 fully saturated rings. The standard InChI is InChI=1S/C20H25N5O2/c1-16(26)25-14-20(22-17-4-2-3-5-18(17)25)7-11-24(12-8-20)19(27)6-10-23-13-9-21-15-23/h2-5,9,13,15,22H,6-8,10-12,14H2,1H3. The summed E-state index contributed by atoms with van der Waals surface area (Å²) in [4.78, 5) is 32.5. The van der Waals surface area contributed by atoms with E-state index < -0.39 is 0 Å². The van der Waals surface area contributed by atoms with Gasteiger partial charge in [0.15, 0.2) is 0 Å². The van der Waals surface area contributed by atoms with Crippen molar-refractivity contribution in [1.82, 2.24) is 14.5 Å². The summed E-state index contributed by atoms with van der Waals surface area (Å²) < 4.78 is 1.92. The third-order valence-corrected chi connectivity index (χ3v) is 5.65. The zero-order valence-corrected chi connectivity index (χ0v) is 15.6. The van der Waals surface area contributed by atoms with Gasteiger partial charge in [-0.3, -0.25) is 9.59 Å². The first kappa shape index (κ1) is 17.6. The Bertz CT molecular complexity index is 825. The second-order valence-corrected chi connectivity index (χ2v) is 7.46. The number of anilines is 2. The Morgan fingerprint density at radius 3 is 2.70 bits per heavy atom. The molecular weight excluding hydrogens is 342 g/mol. The van der Waals surface area contributed by atoms with Gasteiger partial charge < -0.3 is 19.7 Å². The summed E-state index contributed by atoms with van der Waals surface area (Å²) in [7, 11) is 0. The summed E-state index contributed by atoms with van der Waals surface area (Å²) in [5.41, 5.74) is 1.77. The lowest BCUT2D eigenvalue weighted by atomic mass is 9.84. The Labute approximate surface area is 159 Å². The first-order chi connectivity index (χ1) is 13.1. The maximum Gasteiger partial charge on any atom is 0.224 e. The molecule has 3 heterocycles. The number of para-hydroxylation sites is 2. The van der Waals surface area contributed by atoms with Crippen molar-refractivity contribution in [2.75, 3.05) is 29.9 Å². The average molecular weight is 367 g/mol. The van der Waals surface area contributed by atoms with Crippen LogP contribution >= 0.6 is 0 Å². The van der Waals surface area contributed by atoms with Crippen molar-refractivity contribution in [2.24, 2.45) is 0 Å². The van der Waals surface area contributed by atoms with Crippen LogP contribution in [0, 0.1) is 0 Å². The van der Waals surface area contributed by atoms with Gasteiger partial charge in [-0.1, -0.05) is 12.1 Å². The fourth-order valence-corrected chi connectivity index (χ4v) is 4.08. The molecule has 1 saturated heterocycles. The van der Waals surface area contributed by atoms with Crippen LogP contribution in [-0.2, 0) is 16.1 Å². The van der Waals surface area contributed by atoms with E-state index in [9.17, 15) is 9.59 Å². The lowest BCUT2D eigenvalue weighted by Crippen LogP contribution is -2.59. The fraction of sp³-hybridized carbons (Fsp3) is 0.450. The van der Waals surface area contributed by atoms with Crippen LogP contribution in [0.25, 0.3) is 0 Å². The number of likely N-dealkylation sites (tertiary alicyclic amines) is 1. The topological polar surface area (TPSA) is 70.5 Å². The number of nitrogens with one attached hydrogen (secondary N) is 1. The highest BCUT2D eigenvalue weighted by Crippen LogP contribution is 2.39. The van der Waals surface area contributed by atoms with Gasteiger partial charge >= 0.3 is 0 Å². The monoisotopic (exact) mass is 367 g/mol. The van der Waals surface area contributed by atoms with Crippen LogP contribution in [0.1, 0.15) is 26.2 Å². The lowest BCUT2D eigenvalue weighted by Gasteiger charge is -2.49. The van der Waals surface area contributed by atoms with Crippen LogP contribution in [0.4, 0.5) is 11.4 Å². The zero-order chi connectivity index (χ0) is 18.9. The number of aromatic nitrogens is 2. The van der Waals surface area contributed by atoms with Crippen molar-refractivity contribution in [2.45, 2.75) is 38.3 Å². The van der Waals surface area contributed by atoms with E-state index in [-0.39, 0.29) is 17.4 Å². The first-order valence-corrected chi connectivity index (χ1v) is 9.45. The summed E-state index contributed by atoms with van der Waals surface area (Å²) >= 11 is 0. The molecule has 27 heavy (non-hydrogen) atoms. The number of nitrogens with zero attached hydrogens (tertiary/aromatic N) is 4. The van der Waals surface area contributed by atoms with Crippen molar-refractivity contribution in [1.29, 1.82) is 0 Å². The molecular formula is C20H25N5O2. The summed E-state index contributed by atoms with van der Waals surface area (Å²) in [6.07, 6.45) is 7.49. The van der Waals surface area contributed by atoms with Crippen molar-refractivity contribution < 1.29 is 9.59 Å². The Hall–Kier alpha value is -2.83. The number of amides is 2. The minimum atomic E-state index is -0.166. The van der Waals surface area contributed by atoms with E-state index >= 15 is 0 Å².